The molecular weight excluding hydrogens is 230 g/mol. The van der Waals surface area contributed by atoms with Crippen LogP contribution in [0, 0.1) is 0 Å². The van der Waals surface area contributed by atoms with Crippen LogP contribution in [0.3, 0.4) is 0 Å². The summed E-state index contributed by atoms with van der Waals surface area (Å²) < 4.78 is 0. The summed E-state index contributed by atoms with van der Waals surface area (Å²) in [6.07, 6.45) is 1.23. The molecule has 2 rings (SSSR count). The molecule has 5 heteroatoms. The molecule has 0 spiro atoms. The van der Waals surface area contributed by atoms with Crippen LogP contribution in [0.15, 0.2) is 29.8 Å². The molecule has 0 saturated heterocycles. The molecule has 0 saturated carbocycles. The van der Waals surface area contributed by atoms with Gasteiger partial charge < -0.3 is 5.11 Å². The van der Waals surface area contributed by atoms with Crippen molar-refractivity contribution in [1.82, 2.24) is 0 Å². The van der Waals surface area contributed by atoms with Crippen LogP contribution in [0.25, 0.3) is 0 Å². The van der Waals surface area contributed by atoms with Crippen LogP contribution in [0.4, 0.5) is 5.69 Å². The zero-order valence-corrected chi connectivity index (χ0v) is 9.15. The summed E-state index contributed by atoms with van der Waals surface area (Å²) in [5, 5.41) is 9.96. The Morgan fingerprint density at radius 2 is 2.00 bits per heavy atom. The number of amides is 2. The standard InChI is InChI=1S/C11H8ClNO3/c1-6-4-10(15)13(11(6)16)8-3-2-7(12)5-9(8)14/h2-5,14H,1H3. The number of benzene rings is 1. The Hall–Kier alpha value is -1.81. The highest BCUT2D eigenvalue weighted by Gasteiger charge is 2.31. The summed E-state index contributed by atoms with van der Waals surface area (Å²) in [6.45, 7) is 1.55. The van der Waals surface area contributed by atoms with Crippen LogP contribution >= 0.6 is 11.6 Å². The molecular formula is C11H8ClNO3. The molecule has 0 aromatic heterocycles. The molecule has 0 radical (unpaired) electrons. The highest BCUT2D eigenvalue weighted by Crippen LogP contribution is 2.32. The van der Waals surface area contributed by atoms with E-state index in [0.717, 1.165) is 4.90 Å². The van der Waals surface area contributed by atoms with Crippen LogP contribution in [0.5, 0.6) is 5.75 Å². The Labute approximate surface area is 96.7 Å². The predicted octanol–water partition coefficient (Wildman–Crippen LogP) is 1.87. The normalized spacial score (nSPS) is 15.6. The van der Waals surface area contributed by atoms with Crippen molar-refractivity contribution < 1.29 is 14.7 Å². The fourth-order valence-electron chi connectivity index (χ4n) is 1.50. The van der Waals surface area contributed by atoms with E-state index in [1.807, 2.05) is 0 Å². The first-order valence-electron chi connectivity index (χ1n) is 4.56. The molecule has 0 fully saturated rings. The lowest BCUT2D eigenvalue weighted by molar-refractivity contribution is -0.120. The number of phenols is 1. The average molecular weight is 238 g/mol. The van der Waals surface area contributed by atoms with Crippen LogP contribution < -0.4 is 4.90 Å². The van der Waals surface area contributed by atoms with Gasteiger partial charge in [0.25, 0.3) is 11.8 Å². The quantitative estimate of drug-likeness (QED) is 0.759. The SMILES string of the molecule is CC1=CC(=O)N(c2ccc(Cl)cc2O)C1=O. The maximum atomic E-state index is 11.6. The number of aromatic hydroxyl groups is 1. The third kappa shape index (κ3) is 1.57. The fourth-order valence-corrected chi connectivity index (χ4v) is 1.67. The molecule has 1 aliphatic heterocycles. The summed E-state index contributed by atoms with van der Waals surface area (Å²) >= 11 is 5.66. The van der Waals surface area contributed by atoms with E-state index in [1.165, 1.54) is 24.3 Å². The Morgan fingerprint density at radius 3 is 2.50 bits per heavy atom. The average Bonchev–Trinajstić information content (AvgIpc) is 2.43. The van der Waals surface area contributed by atoms with Gasteiger partial charge in [0.1, 0.15) is 5.75 Å². The number of hydrogen-bond acceptors (Lipinski definition) is 3. The van der Waals surface area contributed by atoms with Gasteiger partial charge in [-0.25, -0.2) is 4.90 Å². The van der Waals surface area contributed by atoms with Crippen LogP contribution in [-0.4, -0.2) is 16.9 Å². The van der Waals surface area contributed by atoms with E-state index in [9.17, 15) is 14.7 Å². The minimum atomic E-state index is -0.458. The van der Waals surface area contributed by atoms with Gasteiger partial charge in [-0.15, -0.1) is 0 Å². The van der Waals surface area contributed by atoms with Crippen molar-refractivity contribution in [2.24, 2.45) is 0 Å². The monoisotopic (exact) mass is 237 g/mol. The molecule has 0 aliphatic carbocycles. The van der Waals surface area contributed by atoms with Crippen molar-refractivity contribution >= 4 is 29.1 Å². The van der Waals surface area contributed by atoms with E-state index in [4.69, 9.17) is 11.6 Å². The number of phenolic OH excluding ortho intramolecular Hbond substituents is 1. The third-order valence-corrected chi connectivity index (χ3v) is 2.51. The first kappa shape index (κ1) is 10.7. The number of carbonyl (C=O) groups is 2. The van der Waals surface area contributed by atoms with E-state index in [-0.39, 0.29) is 11.4 Å². The van der Waals surface area contributed by atoms with Crippen molar-refractivity contribution in [1.29, 1.82) is 0 Å². The second-order valence-electron chi connectivity index (χ2n) is 3.44. The van der Waals surface area contributed by atoms with Crippen LogP contribution in [0.2, 0.25) is 5.02 Å². The molecule has 2 amide bonds. The predicted molar refractivity (Wildman–Crippen MR) is 59.4 cm³/mol. The molecule has 0 atom stereocenters. The smallest absolute Gasteiger partial charge is 0.261 e. The van der Waals surface area contributed by atoms with Gasteiger partial charge in [0, 0.05) is 22.7 Å². The van der Waals surface area contributed by atoms with E-state index >= 15 is 0 Å². The fraction of sp³-hybridized carbons (Fsp3) is 0.0909. The first-order valence-corrected chi connectivity index (χ1v) is 4.94. The van der Waals surface area contributed by atoms with Gasteiger partial charge in [-0.05, 0) is 19.1 Å². The lowest BCUT2D eigenvalue weighted by atomic mass is 10.2. The van der Waals surface area contributed by atoms with Gasteiger partial charge in [0.2, 0.25) is 0 Å². The molecule has 82 valence electrons. The first-order chi connectivity index (χ1) is 7.50. The van der Waals surface area contributed by atoms with Crippen molar-refractivity contribution in [3.05, 3.63) is 34.9 Å². The molecule has 1 heterocycles. The topological polar surface area (TPSA) is 57.6 Å². The van der Waals surface area contributed by atoms with E-state index in [0.29, 0.717) is 10.6 Å². The third-order valence-electron chi connectivity index (χ3n) is 2.28. The van der Waals surface area contributed by atoms with Crippen molar-refractivity contribution in [2.45, 2.75) is 6.92 Å². The Balaban J connectivity index is 2.47. The van der Waals surface area contributed by atoms with Gasteiger partial charge in [-0.3, -0.25) is 9.59 Å². The van der Waals surface area contributed by atoms with E-state index in [1.54, 1.807) is 6.92 Å². The van der Waals surface area contributed by atoms with Gasteiger partial charge in [0.15, 0.2) is 0 Å². The molecule has 16 heavy (non-hydrogen) atoms. The zero-order valence-electron chi connectivity index (χ0n) is 8.40. The second-order valence-corrected chi connectivity index (χ2v) is 3.88. The highest BCUT2D eigenvalue weighted by molar-refractivity contribution is 6.32. The molecule has 1 aromatic rings. The largest absolute Gasteiger partial charge is 0.506 e. The van der Waals surface area contributed by atoms with Crippen molar-refractivity contribution in [3.8, 4) is 5.75 Å². The lowest BCUT2D eigenvalue weighted by Crippen LogP contribution is -2.30. The second kappa shape index (κ2) is 3.64. The Kier molecular flexibility index (Phi) is 2.44. The van der Waals surface area contributed by atoms with Gasteiger partial charge in [-0.2, -0.15) is 0 Å². The maximum Gasteiger partial charge on any atom is 0.261 e. The van der Waals surface area contributed by atoms with E-state index in [2.05, 4.69) is 0 Å². The summed E-state index contributed by atoms with van der Waals surface area (Å²) in [7, 11) is 0. The van der Waals surface area contributed by atoms with Crippen LogP contribution in [-0.2, 0) is 9.59 Å². The van der Waals surface area contributed by atoms with Gasteiger partial charge in [-0.1, -0.05) is 11.6 Å². The summed E-state index contributed by atoms with van der Waals surface area (Å²) in [5.41, 5.74) is 0.492. The highest BCUT2D eigenvalue weighted by atomic mass is 35.5. The number of halogens is 1. The number of hydrogen-bond donors (Lipinski definition) is 1. The Morgan fingerprint density at radius 1 is 1.31 bits per heavy atom. The lowest BCUT2D eigenvalue weighted by Gasteiger charge is -2.15. The number of rotatable bonds is 1. The minimum Gasteiger partial charge on any atom is -0.506 e. The van der Waals surface area contributed by atoms with Crippen molar-refractivity contribution in [3.63, 3.8) is 0 Å². The molecule has 1 aromatic carbocycles. The Bertz CT molecular complexity index is 522. The summed E-state index contributed by atoms with van der Waals surface area (Å²) in [6, 6.07) is 4.22. The molecule has 1 aliphatic rings. The minimum absolute atomic E-state index is 0.146. The summed E-state index contributed by atoms with van der Waals surface area (Å²) in [4.78, 5) is 24.1. The van der Waals surface area contributed by atoms with E-state index < -0.39 is 11.8 Å². The molecule has 4 nitrogen and oxygen atoms in total. The number of carbonyl (C=O) groups excluding carboxylic acids is 2. The molecule has 0 bridgehead atoms. The maximum absolute atomic E-state index is 11.6. The van der Waals surface area contributed by atoms with Crippen LogP contribution in [0.1, 0.15) is 6.92 Å². The van der Waals surface area contributed by atoms with Gasteiger partial charge >= 0.3 is 0 Å². The molecule has 1 N–H and O–H groups in total. The summed E-state index contributed by atoms with van der Waals surface area (Å²) in [5.74, 6) is -1.08. The number of imide groups is 1. The number of anilines is 1. The number of nitrogens with zero attached hydrogens (tertiary/aromatic N) is 1. The van der Waals surface area contributed by atoms with Crippen molar-refractivity contribution in [2.75, 3.05) is 4.90 Å². The zero-order chi connectivity index (χ0) is 11.9. The molecule has 0 unspecified atom stereocenters. The van der Waals surface area contributed by atoms with Gasteiger partial charge in [0.05, 0.1) is 5.69 Å².